The van der Waals surface area contributed by atoms with Crippen molar-refractivity contribution in [2.45, 2.75) is 136 Å². The van der Waals surface area contributed by atoms with Gasteiger partial charge in [-0.2, -0.15) is 0 Å². The zero-order chi connectivity index (χ0) is 24.2. The van der Waals surface area contributed by atoms with Gasteiger partial charge in [0.05, 0.1) is 12.8 Å². The minimum Gasteiger partial charge on any atom is -0.481 e. The molecule has 0 saturated carbocycles. The molecule has 0 unspecified atom stereocenters. The number of rotatable bonds is 19. The molecule has 31 heavy (non-hydrogen) atoms. The second-order valence-corrected chi connectivity index (χ2v) is 8.52. The van der Waals surface area contributed by atoms with E-state index in [4.69, 9.17) is 15.3 Å². The molecule has 0 spiro atoms. The fourth-order valence-electron chi connectivity index (χ4n) is 2.87. The molecule has 0 bridgehead atoms. The van der Waals surface area contributed by atoms with Crippen LogP contribution in [0.3, 0.4) is 0 Å². The zero-order valence-corrected chi connectivity index (χ0v) is 20.8. The Morgan fingerprint density at radius 2 is 0.806 bits per heavy atom. The van der Waals surface area contributed by atoms with Gasteiger partial charge in [0.2, 0.25) is 0 Å². The number of aliphatic hydroxyl groups is 1. The zero-order valence-electron chi connectivity index (χ0n) is 20.8. The molecule has 0 saturated heterocycles. The highest BCUT2D eigenvalue weighted by atomic mass is 16.4. The van der Waals surface area contributed by atoms with Gasteiger partial charge in [-0.3, -0.25) is 9.59 Å². The molecule has 186 valence electrons. The van der Waals surface area contributed by atoms with Crippen LogP contribution >= 0.6 is 0 Å². The lowest BCUT2D eigenvalue weighted by Gasteiger charge is -2.03. The van der Waals surface area contributed by atoms with Gasteiger partial charge in [-0.15, -0.1) is 6.58 Å². The van der Waals surface area contributed by atoms with E-state index in [1.54, 1.807) is 0 Å². The third-order valence-corrected chi connectivity index (χ3v) is 4.56. The third kappa shape index (κ3) is 52.7. The predicted molar refractivity (Wildman–Crippen MR) is 132 cm³/mol. The van der Waals surface area contributed by atoms with Crippen molar-refractivity contribution < 1.29 is 24.9 Å². The topological polar surface area (TPSA) is 94.8 Å². The Balaban J connectivity index is -0.000000536. The van der Waals surface area contributed by atoms with E-state index in [9.17, 15) is 9.59 Å². The van der Waals surface area contributed by atoms with Crippen LogP contribution in [-0.4, -0.2) is 33.9 Å². The maximum Gasteiger partial charge on any atom is 0.303 e. The molecule has 0 aliphatic carbocycles. The van der Waals surface area contributed by atoms with Crippen LogP contribution in [0, 0.1) is 0 Å². The minimum absolute atomic E-state index is 0.296. The van der Waals surface area contributed by atoms with Gasteiger partial charge in [-0.1, -0.05) is 109 Å². The number of carboxylic acid groups (broad SMARTS) is 2. The summed E-state index contributed by atoms with van der Waals surface area (Å²) in [6, 6.07) is 0. The van der Waals surface area contributed by atoms with E-state index >= 15 is 0 Å². The van der Waals surface area contributed by atoms with Gasteiger partial charge in [0.1, 0.15) is 0 Å². The van der Waals surface area contributed by atoms with E-state index in [1.807, 2.05) is 13.8 Å². The largest absolute Gasteiger partial charge is 0.481 e. The first-order valence-electron chi connectivity index (χ1n) is 12.4. The Bertz CT molecular complexity index is 359. The predicted octanol–water partition coefficient (Wildman–Crippen LogP) is 7.76. The molecule has 5 heteroatoms. The lowest BCUT2D eigenvalue weighted by molar-refractivity contribution is -0.143. The highest BCUT2D eigenvalue weighted by Gasteiger charge is 2.00. The van der Waals surface area contributed by atoms with Crippen LogP contribution in [0.5, 0.6) is 0 Å². The molecule has 3 N–H and O–H groups in total. The number of carbonyl (C=O) groups is 2. The molecule has 0 aliphatic heterocycles. The van der Waals surface area contributed by atoms with E-state index in [2.05, 4.69) is 13.5 Å². The van der Waals surface area contributed by atoms with Gasteiger partial charge in [0.25, 0.3) is 0 Å². The van der Waals surface area contributed by atoms with E-state index in [0.29, 0.717) is 6.61 Å². The Kier molecular flexibility index (Phi) is 34.1. The van der Waals surface area contributed by atoms with Crippen molar-refractivity contribution in [2.75, 3.05) is 6.61 Å². The van der Waals surface area contributed by atoms with Crippen LogP contribution in [0.15, 0.2) is 12.2 Å². The number of aliphatic hydroxyl groups excluding tert-OH is 1. The molecule has 0 heterocycles. The Hall–Kier alpha value is -1.36. The molecule has 0 amide bonds. The molecule has 0 rings (SSSR count). The number of carboxylic acids is 2. The summed E-state index contributed by atoms with van der Waals surface area (Å²) in [6.07, 6.45) is 21.6. The van der Waals surface area contributed by atoms with Crippen LogP contribution in [0.25, 0.3) is 0 Å². The first-order chi connectivity index (χ1) is 14.8. The Morgan fingerprint density at radius 3 is 1.00 bits per heavy atom. The van der Waals surface area contributed by atoms with Crippen molar-refractivity contribution in [1.82, 2.24) is 0 Å². The summed E-state index contributed by atoms with van der Waals surface area (Å²) in [5, 5.41) is 24.5. The van der Waals surface area contributed by atoms with Crippen LogP contribution in [0.1, 0.15) is 136 Å². The van der Waals surface area contributed by atoms with Crippen molar-refractivity contribution in [3.8, 4) is 0 Å². The summed E-state index contributed by atoms with van der Waals surface area (Å²) in [7, 11) is 0. The van der Waals surface area contributed by atoms with Crippen molar-refractivity contribution in [2.24, 2.45) is 0 Å². The average Bonchev–Trinajstić information content (AvgIpc) is 2.69. The van der Waals surface area contributed by atoms with Crippen molar-refractivity contribution in [1.29, 1.82) is 0 Å². The second kappa shape index (κ2) is 30.8. The maximum atomic E-state index is 9.64. The lowest BCUT2D eigenvalue weighted by Crippen LogP contribution is -2.00. The first-order valence-corrected chi connectivity index (χ1v) is 12.4. The summed E-state index contributed by atoms with van der Waals surface area (Å²) in [5.41, 5.74) is 1.17. The first kappa shape index (κ1) is 34.3. The Morgan fingerprint density at radius 1 is 0.581 bits per heavy atom. The number of hydrogen-bond acceptors (Lipinski definition) is 3. The number of unbranched alkanes of at least 4 members (excludes halogenated alkanes) is 15. The molecular formula is C26H52O5. The molecule has 0 aromatic heterocycles. The molecule has 0 aliphatic rings. The fraction of sp³-hybridized carbons (Fsp3) is 0.846. The number of allylic oxidation sites excluding steroid dienone is 1. The third-order valence-electron chi connectivity index (χ3n) is 4.56. The van der Waals surface area contributed by atoms with Crippen molar-refractivity contribution >= 4 is 11.9 Å². The van der Waals surface area contributed by atoms with Gasteiger partial charge in [0.15, 0.2) is 0 Å². The summed E-state index contributed by atoms with van der Waals surface area (Å²) in [6.45, 7) is 10.2. The summed E-state index contributed by atoms with van der Waals surface area (Å²) in [4.78, 5) is 19.3. The van der Waals surface area contributed by atoms with Crippen molar-refractivity contribution in [3.63, 3.8) is 0 Å². The fourth-order valence-corrected chi connectivity index (χ4v) is 2.87. The van der Waals surface area contributed by atoms with Gasteiger partial charge in [-0.05, 0) is 20.3 Å². The molecule has 0 aromatic carbocycles. The van der Waals surface area contributed by atoms with E-state index in [1.165, 1.54) is 102 Å². The van der Waals surface area contributed by atoms with Crippen molar-refractivity contribution in [3.05, 3.63) is 12.2 Å². The lowest BCUT2D eigenvalue weighted by atomic mass is 10.0. The van der Waals surface area contributed by atoms with Crippen LogP contribution in [-0.2, 0) is 9.59 Å². The van der Waals surface area contributed by atoms with Gasteiger partial charge >= 0.3 is 11.9 Å². The van der Waals surface area contributed by atoms with Gasteiger partial charge in [-0.25, -0.2) is 0 Å². The van der Waals surface area contributed by atoms with E-state index < -0.39 is 11.9 Å². The summed E-state index contributed by atoms with van der Waals surface area (Å²) in [5.74, 6) is -2.15. The van der Waals surface area contributed by atoms with Crippen LogP contribution in [0.2, 0.25) is 0 Å². The summed E-state index contributed by atoms with van der Waals surface area (Å²) >= 11 is 0. The number of aliphatic carboxylic acids is 2. The SMILES string of the molecule is C=C(C)C.CCCCCCCCCCCCCCCCCCO.O=C(O)CCC(=O)O. The quantitative estimate of drug-likeness (QED) is 0.140. The monoisotopic (exact) mass is 444 g/mol. The molecule has 0 fully saturated rings. The smallest absolute Gasteiger partial charge is 0.303 e. The van der Waals surface area contributed by atoms with Gasteiger partial charge in [0, 0.05) is 6.61 Å². The molecular weight excluding hydrogens is 392 g/mol. The molecule has 0 atom stereocenters. The molecule has 5 nitrogen and oxygen atoms in total. The van der Waals surface area contributed by atoms with Gasteiger partial charge < -0.3 is 15.3 Å². The van der Waals surface area contributed by atoms with E-state index in [-0.39, 0.29) is 12.8 Å². The molecule has 0 aromatic rings. The minimum atomic E-state index is -1.08. The second-order valence-electron chi connectivity index (χ2n) is 8.52. The summed E-state index contributed by atoms with van der Waals surface area (Å²) < 4.78 is 0. The van der Waals surface area contributed by atoms with Crippen LogP contribution in [0.4, 0.5) is 0 Å². The highest BCUT2D eigenvalue weighted by Crippen LogP contribution is 2.13. The standard InChI is InChI=1S/C18H38O.C4H6O4.C4H8/c1-2-3-4-5-6-7-8-9-10-11-12-13-14-15-16-17-18-19;5-3(6)1-2-4(7)8;1-4(2)3/h19H,2-18H2,1H3;1-2H2,(H,5,6)(H,7,8);1H2,2-3H3. The average molecular weight is 445 g/mol. The maximum absolute atomic E-state index is 9.64. The highest BCUT2D eigenvalue weighted by molar-refractivity contribution is 5.75. The normalized spacial score (nSPS) is 9.81. The van der Waals surface area contributed by atoms with E-state index in [0.717, 1.165) is 6.42 Å². The Labute approximate surface area is 192 Å². The molecule has 0 radical (unpaired) electrons. The van der Waals surface area contributed by atoms with Crippen LogP contribution < -0.4 is 0 Å². The number of hydrogen-bond donors (Lipinski definition) is 3.